The van der Waals surface area contributed by atoms with Crippen LogP contribution in [-0.2, 0) is 13.9 Å². The van der Waals surface area contributed by atoms with Crippen LogP contribution in [-0.4, -0.2) is 18.2 Å². The topological polar surface area (TPSA) is 87.0 Å². The normalized spacial score (nSPS) is 12.5. The number of hydrogen-bond acceptors (Lipinski definition) is 7. The average Bonchev–Trinajstić information content (AvgIpc) is 3.26. The summed E-state index contributed by atoms with van der Waals surface area (Å²) >= 11 is 18.0. The molecule has 7 aromatic rings. The molecule has 60 heavy (non-hydrogen) atoms. The summed E-state index contributed by atoms with van der Waals surface area (Å²) in [5.74, 6) is -0.433. The maximum absolute atomic E-state index is 12.8. The Kier molecular flexibility index (Phi) is 14.6. The number of allylic oxidation sites excluding steroid dienone is 1. The Labute approximate surface area is 372 Å². The molecule has 300 valence electrons. The SMILES string of the molecule is C.C=C(C)C(=O)CCCNC(=O)C(C#N)=C1c2ccccc2Sc2ccccc21.ClC1(Cl)c2ccccc2Sc2ccccc21.O=c1c2ccccc2sc2ccccc12. The van der Waals surface area contributed by atoms with E-state index in [1.54, 1.807) is 41.8 Å². The summed E-state index contributed by atoms with van der Waals surface area (Å²) in [4.78, 5) is 40.8. The van der Waals surface area contributed by atoms with Crippen LogP contribution in [0, 0.1) is 11.3 Å². The van der Waals surface area contributed by atoms with E-state index in [0.717, 1.165) is 62.0 Å². The Balaban J connectivity index is 0.000000160. The maximum Gasteiger partial charge on any atom is 0.262 e. The van der Waals surface area contributed by atoms with E-state index in [4.69, 9.17) is 23.2 Å². The zero-order valence-corrected chi connectivity index (χ0v) is 35.8. The number of carbonyl (C=O) groups excluding carboxylic acids is 2. The van der Waals surface area contributed by atoms with E-state index >= 15 is 0 Å². The third-order valence-corrected chi connectivity index (χ3v) is 13.9. The highest BCUT2D eigenvalue weighted by atomic mass is 35.5. The minimum atomic E-state index is -0.932. The zero-order valence-electron chi connectivity index (χ0n) is 31.8. The first kappa shape index (κ1) is 44.2. The summed E-state index contributed by atoms with van der Waals surface area (Å²) in [6.45, 7) is 5.63. The predicted octanol–water partition coefficient (Wildman–Crippen LogP) is 13.4. The highest BCUT2D eigenvalue weighted by Crippen LogP contribution is 2.53. The smallest absolute Gasteiger partial charge is 0.262 e. The molecule has 1 amide bonds. The molecular formula is C50H40Cl2N2O3S3. The van der Waals surface area contributed by atoms with Gasteiger partial charge in [-0.15, -0.1) is 11.3 Å². The molecular weight excluding hydrogens is 844 g/mol. The summed E-state index contributed by atoms with van der Waals surface area (Å²) in [6, 6.07) is 49.2. The summed E-state index contributed by atoms with van der Waals surface area (Å²) in [7, 11) is 0. The maximum atomic E-state index is 12.8. The van der Waals surface area contributed by atoms with Crippen molar-refractivity contribution in [3.8, 4) is 6.07 Å². The van der Waals surface area contributed by atoms with E-state index in [1.807, 2.05) is 133 Å². The van der Waals surface area contributed by atoms with Crippen molar-refractivity contribution in [2.75, 3.05) is 6.54 Å². The molecule has 0 atom stereocenters. The van der Waals surface area contributed by atoms with Crippen molar-refractivity contribution in [1.29, 1.82) is 5.26 Å². The Morgan fingerprint density at radius 2 is 1.12 bits per heavy atom. The Morgan fingerprint density at radius 3 is 1.62 bits per heavy atom. The summed E-state index contributed by atoms with van der Waals surface area (Å²) in [6.07, 6.45) is 0.838. The van der Waals surface area contributed by atoms with Crippen LogP contribution in [0.2, 0.25) is 0 Å². The van der Waals surface area contributed by atoms with Crippen LogP contribution in [0.25, 0.3) is 25.7 Å². The van der Waals surface area contributed by atoms with Crippen LogP contribution in [0.15, 0.2) is 188 Å². The predicted molar refractivity (Wildman–Crippen MR) is 253 cm³/mol. The van der Waals surface area contributed by atoms with Crippen LogP contribution in [0.4, 0.5) is 0 Å². The first-order valence-electron chi connectivity index (χ1n) is 18.7. The minimum Gasteiger partial charge on any atom is -0.351 e. The molecule has 0 unspecified atom stereocenters. The first-order chi connectivity index (χ1) is 28.6. The fourth-order valence-corrected chi connectivity index (χ4v) is 10.9. The van der Waals surface area contributed by atoms with Gasteiger partial charge in [-0.3, -0.25) is 14.4 Å². The molecule has 0 fully saturated rings. The molecule has 3 heterocycles. The van der Waals surface area contributed by atoms with E-state index in [2.05, 4.69) is 30.1 Å². The molecule has 1 aromatic heterocycles. The van der Waals surface area contributed by atoms with Crippen LogP contribution in [0.3, 0.4) is 0 Å². The second kappa shape index (κ2) is 19.8. The van der Waals surface area contributed by atoms with E-state index in [1.165, 1.54) is 0 Å². The quantitative estimate of drug-likeness (QED) is 0.0588. The van der Waals surface area contributed by atoms with Crippen molar-refractivity contribution in [1.82, 2.24) is 5.32 Å². The van der Waals surface area contributed by atoms with Gasteiger partial charge < -0.3 is 5.32 Å². The van der Waals surface area contributed by atoms with Crippen LogP contribution < -0.4 is 10.7 Å². The second-order valence-electron chi connectivity index (χ2n) is 13.6. The number of ketones is 1. The van der Waals surface area contributed by atoms with Crippen molar-refractivity contribution in [2.24, 2.45) is 0 Å². The van der Waals surface area contributed by atoms with Gasteiger partial charge in [0.2, 0.25) is 0 Å². The van der Waals surface area contributed by atoms with Gasteiger partial charge in [0.25, 0.3) is 5.91 Å². The molecule has 0 aliphatic carbocycles. The van der Waals surface area contributed by atoms with Gasteiger partial charge in [0.1, 0.15) is 11.6 Å². The van der Waals surface area contributed by atoms with Gasteiger partial charge in [-0.25, -0.2) is 0 Å². The summed E-state index contributed by atoms with van der Waals surface area (Å²) in [5.41, 5.74) is 5.11. The van der Waals surface area contributed by atoms with Crippen molar-refractivity contribution < 1.29 is 9.59 Å². The van der Waals surface area contributed by atoms with Crippen molar-refractivity contribution in [2.45, 2.75) is 51.1 Å². The largest absolute Gasteiger partial charge is 0.351 e. The number of Topliss-reactive ketones (excluding diaryl/α,β-unsaturated/α-hetero) is 1. The third-order valence-electron chi connectivity index (χ3n) is 9.62. The second-order valence-corrected chi connectivity index (χ2v) is 18.2. The van der Waals surface area contributed by atoms with Crippen molar-refractivity contribution in [3.05, 3.63) is 196 Å². The lowest BCUT2D eigenvalue weighted by Crippen LogP contribution is -2.27. The van der Waals surface area contributed by atoms with Gasteiger partial charge in [0.15, 0.2) is 15.5 Å². The first-order valence-corrected chi connectivity index (χ1v) is 21.9. The minimum absolute atomic E-state index is 0. The number of halogens is 2. The lowest BCUT2D eigenvalue weighted by atomic mass is 9.92. The number of benzene rings is 6. The Bertz CT molecular complexity index is 2740. The van der Waals surface area contributed by atoms with E-state index < -0.39 is 10.2 Å². The zero-order chi connectivity index (χ0) is 41.5. The van der Waals surface area contributed by atoms with Crippen LogP contribution in [0.1, 0.15) is 49.4 Å². The van der Waals surface area contributed by atoms with Gasteiger partial charge >= 0.3 is 0 Å². The molecule has 5 nitrogen and oxygen atoms in total. The number of alkyl halides is 2. The van der Waals surface area contributed by atoms with Gasteiger partial charge in [0, 0.05) is 69.4 Å². The van der Waals surface area contributed by atoms with E-state index in [9.17, 15) is 19.6 Å². The molecule has 10 heteroatoms. The molecule has 0 bridgehead atoms. The molecule has 0 radical (unpaired) electrons. The van der Waals surface area contributed by atoms with E-state index in [0.29, 0.717) is 30.5 Å². The number of fused-ring (bicyclic) bond motifs is 6. The number of rotatable bonds is 6. The molecule has 1 N–H and O–H groups in total. The van der Waals surface area contributed by atoms with Crippen LogP contribution in [0.5, 0.6) is 0 Å². The Morgan fingerprint density at radius 1 is 0.683 bits per heavy atom. The molecule has 2 aliphatic rings. The van der Waals surface area contributed by atoms with Gasteiger partial charge in [-0.05, 0) is 78.6 Å². The molecule has 2 aliphatic heterocycles. The molecule has 0 saturated heterocycles. The number of nitrogens with one attached hydrogen (secondary N) is 1. The fraction of sp³-hybridized carbons (Fsp3) is 0.120. The highest BCUT2D eigenvalue weighted by molar-refractivity contribution is 7.99. The third kappa shape index (κ3) is 9.47. The summed E-state index contributed by atoms with van der Waals surface area (Å²) in [5, 5.41) is 14.2. The van der Waals surface area contributed by atoms with Gasteiger partial charge in [-0.1, -0.05) is 158 Å². The summed E-state index contributed by atoms with van der Waals surface area (Å²) < 4.78 is 1.18. The fourth-order valence-electron chi connectivity index (χ4n) is 6.67. The lowest BCUT2D eigenvalue weighted by Gasteiger charge is -2.29. The number of amides is 1. The van der Waals surface area contributed by atoms with Gasteiger partial charge in [-0.2, -0.15) is 5.26 Å². The standard InChI is InChI=1S/C23H20N2O2S.C13H8Cl2S.C13H8OS.CH4/c1-15(2)19(26)10-7-13-25-23(27)18(14-24)22-16-8-3-5-11-20(16)28-21-12-6-4-9-17(21)22;14-13(15)9-5-1-3-7-11(9)16-12-8-4-2-6-10(12)13;14-13-9-5-1-3-7-11(9)15-12-8-4-2-6-10(12)13;/h3-6,8-9,11-12H,1,7,10,13H2,2H3,(H,25,27);1-8H;1-8H;1H4. The number of nitrogens with zero attached hydrogens (tertiary/aromatic N) is 1. The van der Waals surface area contributed by atoms with Crippen molar-refractivity contribution >= 4 is 95.5 Å². The monoisotopic (exact) mass is 882 g/mol. The average molecular weight is 884 g/mol. The van der Waals surface area contributed by atoms with E-state index in [-0.39, 0.29) is 24.2 Å². The number of carbonyl (C=O) groups is 2. The molecule has 0 spiro atoms. The molecule has 6 aromatic carbocycles. The Hall–Kier alpha value is -5.40. The molecule has 0 saturated carbocycles. The highest BCUT2D eigenvalue weighted by Gasteiger charge is 2.37. The van der Waals surface area contributed by atoms with Gasteiger partial charge in [0.05, 0.1) is 0 Å². The van der Waals surface area contributed by atoms with Crippen molar-refractivity contribution in [3.63, 3.8) is 0 Å². The number of hydrogen-bond donors (Lipinski definition) is 1. The molecule has 9 rings (SSSR count). The number of nitriles is 1. The lowest BCUT2D eigenvalue weighted by molar-refractivity contribution is -0.118. The van der Waals surface area contributed by atoms with Crippen LogP contribution >= 0.6 is 58.1 Å².